The normalized spacial score (nSPS) is 13.2. The van der Waals surface area contributed by atoms with Crippen LogP contribution in [0.2, 0.25) is 0 Å². The Bertz CT molecular complexity index is 1200. The van der Waals surface area contributed by atoms with Crippen molar-refractivity contribution in [3.05, 3.63) is 77.8 Å². The Balaban J connectivity index is 0.00000103. The molecule has 0 spiro atoms. The quantitative estimate of drug-likeness (QED) is 0.411. The number of likely N-dealkylation sites (tertiary alicyclic amines) is 1. The zero-order chi connectivity index (χ0) is 24.6. The van der Waals surface area contributed by atoms with Crippen LogP contribution >= 0.6 is 0 Å². The van der Waals surface area contributed by atoms with Crippen LogP contribution in [-0.2, 0) is 27.9 Å². The smallest absolute Gasteiger partial charge is 0.290 e. The lowest BCUT2D eigenvalue weighted by molar-refractivity contribution is -0.122. The van der Waals surface area contributed by atoms with Crippen molar-refractivity contribution in [3.63, 3.8) is 0 Å². The van der Waals surface area contributed by atoms with Crippen molar-refractivity contribution in [2.75, 3.05) is 23.1 Å². The number of aromatic nitrogens is 2. The maximum Gasteiger partial charge on any atom is 0.290 e. The number of rotatable bonds is 8. The van der Waals surface area contributed by atoms with Gasteiger partial charge in [-0.05, 0) is 48.8 Å². The summed E-state index contributed by atoms with van der Waals surface area (Å²) in [5.74, 6) is -2.48. The molecule has 0 unspecified atom stereocenters. The summed E-state index contributed by atoms with van der Waals surface area (Å²) < 4.78 is 56.1. The molecule has 3 aromatic rings. The van der Waals surface area contributed by atoms with Crippen LogP contribution in [0.25, 0.3) is 0 Å². The summed E-state index contributed by atoms with van der Waals surface area (Å²) in [6, 6.07) is 11.1. The van der Waals surface area contributed by atoms with Crippen LogP contribution in [-0.4, -0.2) is 48.0 Å². The molecular weight excluding hydrogens is 468 g/mol. The summed E-state index contributed by atoms with van der Waals surface area (Å²) in [5, 5.41) is 9.88. The molecule has 0 bridgehead atoms. The molecule has 0 amide bonds. The van der Waals surface area contributed by atoms with E-state index in [1.165, 1.54) is 18.7 Å². The van der Waals surface area contributed by atoms with E-state index in [9.17, 15) is 17.2 Å². The van der Waals surface area contributed by atoms with Crippen LogP contribution in [0.4, 0.5) is 20.3 Å². The number of hydrogen-bond acceptors (Lipinski definition) is 7. The molecule has 180 valence electrons. The Morgan fingerprint density at radius 1 is 1.09 bits per heavy atom. The zero-order valence-electron chi connectivity index (χ0n) is 18.0. The minimum atomic E-state index is -4.50. The van der Waals surface area contributed by atoms with E-state index in [4.69, 9.17) is 9.90 Å². The first-order valence-corrected chi connectivity index (χ1v) is 11.7. The maximum atomic E-state index is 14.6. The highest BCUT2D eigenvalue weighted by Crippen LogP contribution is 2.26. The third-order valence-corrected chi connectivity index (χ3v) is 6.44. The average molecular weight is 492 g/mol. The topological polar surface area (TPSA) is 125 Å². The largest absolute Gasteiger partial charge is 0.483 e. The molecule has 34 heavy (non-hydrogen) atoms. The van der Waals surface area contributed by atoms with Gasteiger partial charge in [0.05, 0.1) is 0 Å². The Hall–Kier alpha value is -3.64. The predicted molar refractivity (Wildman–Crippen MR) is 122 cm³/mol. The summed E-state index contributed by atoms with van der Waals surface area (Å²) in [6.45, 7) is 3.06. The first-order valence-electron chi connectivity index (χ1n) is 10.2. The number of hydrogen-bond donors (Lipinski definition) is 3. The van der Waals surface area contributed by atoms with Crippen molar-refractivity contribution < 1.29 is 27.1 Å². The van der Waals surface area contributed by atoms with Gasteiger partial charge in [-0.15, -0.1) is 0 Å². The molecule has 1 aromatic heterocycles. The summed E-state index contributed by atoms with van der Waals surface area (Å²) in [5.41, 5.74) is 2.30. The fourth-order valence-corrected chi connectivity index (χ4v) is 4.45. The second-order valence-corrected chi connectivity index (χ2v) is 8.95. The Morgan fingerprint density at radius 3 is 2.29 bits per heavy atom. The molecule has 2 heterocycles. The third-order valence-electron chi connectivity index (χ3n) is 5.03. The van der Waals surface area contributed by atoms with E-state index >= 15 is 0 Å². The molecule has 12 heteroatoms. The summed E-state index contributed by atoms with van der Waals surface area (Å²) in [6.07, 6.45) is 3.63. The van der Waals surface area contributed by atoms with Crippen molar-refractivity contribution in [2.45, 2.75) is 24.4 Å². The molecule has 3 N–H and O–H groups in total. The molecular formula is C22H23F2N5O4S. The van der Waals surface area contributed by atoms with E-state index in [2.05, 4.69) is 20.2 Å². The van der Waals surface area contributed by atoms with E-state index in [0.29, 0.717) is 6.54 Å². The Morgan fingerprint density at radius 2 is 1.74 bits per heavy atom. The molecule has 1 fully saturated rings. The average Bonchev–Trinajstić information content (AvgIpc) is 2.76. The number of halogens is 2. The van der Waals surface area contributed by atoms with Crippen molar-refractivity contribution >= 4 is 28.0 Å². The van der Waals surface area contributed by atoms with Gasteiger partial charge < -0.3 is 10.4 Å². The molecule has 0 aliphatic carbocycles. The second-order valence-electron chi connectivity index (χ2n) is 7.33. The number of anilines is 2. The lowest BCUT2D eigenvalue weighted by atomic mass is 10.1. The van der Waals surface area contributed by atoms with Gasteiger partial charge in [-0.3, -0.25) is 14.4 Å². The number of nitrogens with one attached hydrogen (secondary N) is 2. The predicted octanol–water partition coefficient (Wildman–Crippen LogP) is 3.07. The molecule has 0 saturated carbocycles. The molecule has 0 atom stereocenters. The van der Waals surface area contributed by atoms with Crippen LogP contribution in [0.1, 0.15) is 17.5 Å². The zero-order valence-corrected chi connectivity index (χ0v) is 18.8. The fraction of sp³-hybridized carbons (Fsp3) is 0.227. The van der Waals surface area contributed by atoms with Crippen LogP contribution < -0.4 is 10.0 Å². The lowest BCUT2D eigenvalue weighted by Crippen LogP contribution is -2.36. The number of benzene rings is 2. The van der Waals surface area contributed by atoms with Crippen LogP contribution in [0, 0.1) is 11.6 Å². The highest BCUT2D eigenvalue weighted by Gasteiger charge is 2.25. The highest BCUT2D eigenvalue weighted by atomic mass is 32.2. The summed E-state index contributed by atoms with van der Waals surface area (Å²) in [4.78, 5) is 17.0. The van der Waals surface area contributed by atoms with Gasteiger partial charge in [0.15, 0.2) is 4.90 Å². The van der Waals surface area contributed by atoms with Gasteiger partial charge in [-0.2, -0.15) is 0 Å². The van der Waals surface area contributed by atoms with E-state index in [0.717, 1.165) is 49.2 Å². The van der Waals surface area contributed by atoms with Gasteiger partial charge in [0.25, 0.3) is 16.5 Å². The Labute approximate surface area is 195 Å². The molecule has 1 aliphatic heterocycles. The van der Waals surface area contributed by atoms with E-state index < -0.39 is 26.6 Å². The van der Waals surface area contributed by atoms with Crippen molar-refractivity contribution in [3.8, 4) is 0 Å². The number of nitrogens with zero attached hydrogens (tertiary/aromatic N) is 3. The van der Waals surface area contributed by atoms with Crippen LogP contribution in [0.5, 0.6) is 0 Å². The van der Waals surface area contributed by atoms with Gasteiger partial charge in [-0.25, -0.2) is 27.2 Å². The van der Waals surface area contributed by atoms with Gasteiger partial charge in [0, 0.05) is 25.0 Å². The number of carboxylic acid groups (broad SMARTS) is 1. The minimum Gasteiger partial charge on any atom is -0.483 e. The van der Waals surface area contributed by atoms with E-state index in [1.807, 2.05) is 29.0 Å². The molecule has 1 saturated heterocycles. The van der Waals surface area contributed by atoms with E-state index in [1.54, 1.807) is 0 Å². The van der Waals surface area contributed by atoms with Gasteiger partial charge in [0.1, 0.15) is 23.8 Å². The first kappa shape index (κ1) is 25.0. The van der Waals surface area contributed by atoms with Gasteiger partial charge >= 0.3 is 0 Å². The van der Waals surface area contributed by atoms with Crippen molar-refractivity contribution in [1.82, 2.24) is 14.9 Å². The van der Waals surface area contributed by atoms with E-state index in [-0.39, 0.29) is 18.0 Å². The molecule has 9 nitrogen and oxygen atoms in total. The third kappa shape index (κ3) is 6.45. The molecule has 0 radical (unpaired) electrons. The first-order chi connectivity index (χ1) is 16.3. The highest BCUT2D eigenvalue weighted by molar-refractivity contribution is 7.92. The SMILES string of the molecule is O=CO.O=S(=O)(Nc1ccncn1)c1c(F)cc(NCc2ccccc2CN2CCC2)cc1F. The monoisotopic (exact) mass is 491 g/mol. The van der Waals surface area contributed by atoms with Crippen molar-refractivity contribution in [2.24, 2.45) is 0 Å². The van der Waals surface area contributed by atoms with Crippen LogP contribution in [0.15, 0.2) is 59.9 Å². The van der Waals surface area contributed by atoms with Gasteiger partial charge in [0.2, 0.25) is 0 Å². The molecule has 4 rings (SSSR count). The minimum absolute atomic E-state index is 0.0881. The Kier molecular flexibility index (Phi) is 8.44. The summed E-state index contributed by atoms with van der Waals surface area (Å²) in [7, 11) is -4.50. The lowest BCUT2D eigenvalue weighted by Gasteiger charge is -2.31. The summed E-state index contributed by atoms with van der Waals surface area (Å²) >= 11 is 0. The van der Waals surface area contributed by atoms with Crippen molar-refractivity contribution in [1.29, 1.82) is 0 Å². The maximum absolute atomic E-state index is 14.6. The molecule has 1 aliphatic rings. The van der Waals surface area contributed by atoms with Gasteiger partial charge in [-0.1, -0.05) is 24.3 Å². The second kappa shape index (κ2) is 11.5. The standard InChI is InChI=1S/C21H21F2N5O2S.CH2O2/c22-18-10-17(25-12-15-4-1-2-5-16(15)13-28-8-3-9-28)11-19(23)21(18)31(29,30)27-20-6-7-24-14-26-20;2-1-3/h1-2,4-7,10-11,14,25H,3,8-9,12-13H2,(H,24,26,27);1H,(H,2,3). The molecule has 2 aromatic carbocycles. The van der Waals surface area contributed by atoms with Crippen LogP contribution in [0.3, 0.4) is 0 Å². The number of carbonyl (C=O) groups is 1. The number of sulfonamides is 1. The fourth-order valence-electron chi connectivity index (χ4n) is 3.32.